The fraction of sp³-hybridized carbons (Fsp3) is 0.211. The lowest BCUT2D eigenvalue weighted by molar-refractivity contribution is 0.874. The van der Waals surface area contributed by atoms with Crippen LogP contribution in [0.1, 0.15) is 11.1 Å². The molecule has 3 nitrogen and oxygen atoms in total. The first-order valence-electron chi connectivity index (χ1n) is 7.85. The maximum atomic E-state index is 4.98. The molecule has 0 spiro atoms. The van der Waals surface area contributed by atoms with E-state index < -0.39 is 0 Å². The molecular formula is C19H19N3S. The zero-order valence-corrected chi connectivity index (χ0v) is 14.2. The molecule has 23 heavy (non-hydrogen) atoms. The highest BCUT2D eigenvalue weighted by molar-refractivity contribution is 7.98. The van der Waals surface area contributed by atoms with Crippen molar-refractivity contribution in [3.8, 4) is 16.9 Å². The number of anilines is 1. The lowest BCUT2D eigenvalue weighted by atomic mass is 10.1. The van der Waals surface area contributed by atoms with Gasteiger partial charge in [0, 0.05) is 22.6 Å². The third kappa shape index (κ3) is 2.34. The summed E-state index contributed by atoms with van der Waals surface area (Å²) in [6.07, 6.45) is 3.15. The van der Waals surface area contributed by atoms with E-state index in [1.54, 1.807) is 11.8 Å². The smallest absolute Gasteiger partial charge is 0.133 e. The lowest BCUT2D eigenvalue weighted by Gasteiger charge is -2.09. The Morgan fingerprint density at radius 1 is 1.09 bits per heavy atom. The van der Waals surface area contributed by atoms with Gasteiger partial charge in [0.2, 0.25) is 0 Å². The Morgan fingerprint density at radius 3 is 2.70 bits per heavy atom. The molecule has 0 unspecified atom stereocenters. The molecule has 0 atom stereocenters. The second kappa shape index (κ2) is 5.78. The van der Waals surface area contributed by atoms with Crippen molar-refractivity contribution in [3.63, 3.8) is 0 Å². The molecule has 0 saturated heterocycles. The second-order valence-electron chi connectivity index (χ2n) is 5.75. The molecule has 0 saturated carbocycles. The van der Waals surface area contributed by atoms with E-state index in [1.807, 2.05) is 0 Å². The van der Waals surface area contributed by atoms with Gasteiger partial charge in [0.05, 0.1) is 11.4 Å². The van der Waals surface area contributed by atoms with Crippen molar-refractivity contribution in [2.45, 2.75) is 18.2 Å². The molecule has 1 N–H and O–H groups in total. The monoisotopic (exact) mass is 321 g/mol. The van der Waals surface area contributed by atoms with Crippen LogP contribution in [0.3, 0.4) is 0 Å². The van der Waals surface area contributed by atoms with Gasteiger partial charge in [-0.15, -0.1) is 11.8 Å². The minimum absolute atomic E-state index is 0.980. The Kier molecular flexibility index (Phi) is 3.62. The molecule has 0 fully saturated rings. The van der Waals surface area contributed by atoms with Gasteiger partial charge in [0.25, 0.3) is 0 Å². The average molecular weight is 321 g/mol. The van der Waals surface area contributed by atoms with Gasteiger partial charge in [0.15, 0.2) is 0 Å². The van der Waals surface area contributed by atoms with Gasteiger partial charge in [-0.3, -0.25) is 0 Å². The van der Waals surface area contributed by atoms with Crippen molar-refractivity contribution in [1.82, 2.24) is 9.78 Å². The van der Waals surface area contributed by atoms with Crippen molar-refractivity contribution in [1.29, 1.82) is 0 Å². The minimum Gasteiger partial charge on any atom is -0.369 e. The maximum Gasteiger partial charge on any atom is 0.133 e. The van der Waals surface area contributed by atoms with Crippen LogP contribution in [0.5, 0.6) is 0 Å². The maximum absolute atomic E-state index is 4.98. The third-order valence-corrected chi connectivity index (χ3v) is 5.15. The molecule has 0 bridgehead atoms. The average Bonchev–Trinajstić information content (AvgIpc) is 3.18. The SMILES string of the molecule is CSc1ccccc1-c1nn(-c2ccccc2C)c2c1CCN2. The summed E-state index contributed by atoms with van der Waals surface area (Å²) < 4.78 is 2.07. The number of fused-ring (bicyclic) bond motifs is 1. The number of benzene rings is 2. The zero-order valence-electron chi connectivity index (χ0n) is 13.3. The van der Waals surface area contributed by atoms with E-state index in [0.717, 1.165) is 30.2 Å². The van der Waals surface area contributed by atoms with Crippen LogP contribution in [-0.4, -0.2) is 22.6 Å². The van der Waals surface area contributed by atoms with Crippen LogP contribution in [0.2, 0.25) is 0 Å². The molecule has 0 radical (unpaired) electrons. The van der Waals surface area contributed by atoms with Crippen LogP contribution in [-0.2, 0) is 6.42 Å². The second-order valence-corrected chi connectivity index (χ2v) is 6.60. The Bertz CT molecular complexity index is 867. The molecule has 0 aliphatic carbocycles. The van der Waals surface area contributed by atoms with Gasteiger partial charge in [-0.25, -0.2) is 4.68 Å². The number of rotatable bonds is 3. The van der Waals surface area contributed by atoms with E-state index in [2.05, 4.69) is 71.7 Å². The van der Waals surface area contributed by atoms with E-state index >= 15 is 0 Å². The van der Waals surface area contributed by atoms with Gasteiger partial charge in [-0.1, -0.05) is 36.4 Å². The molecule has 1 aliphatic heterocycles. The number of para-hydroxylation sites is 1. The number of aromatic nitrogens is 2. The van der Waals surface area contributed by atoms with Gasteiger partial charge < -0.3 is 5.32 Å². The third-order valence-electron chi connectivity index (χ3n) is 4.36. The van der Waals surface area contributed by atoms with Crippen LogP contribution in [0, 0.1) is 6.92 Å². The van der Waals surface area contributed by atoms with E-state index in [-0.39, 0.29) is 0 Å². The standard InChI is InChI=1S/C19H19N3S/c1-13-7-3-5-9-16(13)22-19-15(11-12-20-19)18(21-22)14-8-4-6-10-17(14)23-2/h3-10,20H,11-12H2,1-2H3. The molecule has 2 aromatic carbocycles. The molecule has 1 aliphatic rings. The fourth-order valence-electron chi connectivity index (χ4n) is 3.21. The van der Waals surface area contributed by atoms with Crippen molar-refractivity contribution < 1.29 is 0 Å². The summed E-state index contributed by atoms with van der Waals surface area (Å²) in [7, 11) is 0. The molecule has 3 aromatic rings. The van der Waals surface area contributed by atoms with Gasteiger partial charge in [0.1, 0.15) is 5.82 Å². The van der Waals surface area contributed by atoms with E-state index in [0.29, 0.717) is 0 Å². The van der Waals surface area contributed by atoms with E-state index in [1.165, 1.54) is 21.6 Å². The van der Waals surface area contributed by atoms with Gasteiger partial charge >= 0.3 is 0 Å². The van der Waals surface area contributed by atoms with Crippen molar-refractivity contribution in [2.75, 3.05) is 18.1 Å². The number of aryl methyl sites for hydroxylation is 1. The highest BCUT2D eigenvalue weighted by Gasteiger charge is 2.25. The molecule has 4 rings (SSSR count). The predicted octanol–water partition coefficient (Wildman–Crippen LogP) is 4.54. The first kappa shape index (κ1) is 14.4. The van der Waals surface area contributed by atoms with E-state index in [4.69, 9.17) is 5.10 Å². The Balaban J connectivity index is 1.94. The van der Waals surface area contributed by atoms with Crippen LogP contribution < -0.4 is 5.32 Å². The normalized spacial score (nSPS) is 13.0. The van der Waals surface area contributed by atoms with Crippen molar-refractivity contribution in [2.24, 2.45) is 0 Å². The number of hydrogen-bond acceptors (Lipinski definition) is 3. The van der Waals surface area contributed by atoms with Crippen LogP contribution in [0.25, 0.3) is 16.9 Å². The van der Waals surface area contributed by atoms with Gasteiger partial charge in [-0.05, 0) is 37.3 Å². The topological polar surface area (TPSA) is 29.9 Å². The molecule has 2 heterocycles. The summed E-state index contributed by atoms with van der Waals surface area (Å²) in [5, 5.41) is 8.50. The first-order chi connectivity index (χ1) is 11.3. The van der Waals surface area contributed by atoms with Crippen molar-refractivity contribution >= 4 is 17.6 Å². The van der Waals surface area contributed by atoms with Crippen LogP contribution in [0.4, 0.5) is 5.82 Å². The summed E-state index contributed by atoms with van der Waals surface area (Å²) in [6.45, 7) is 3.11. The number of thioether (sulfide) groups is 1. The first-order valence-corrected chi connectivity index (χ1v) is 9.07. The summed E-state index contributed by atoms with van der Waals surface area (Å²) in [5.41, 5.74) is 6.04. The summed E-state index contributed by atoms with van der Waals surface area (Å²) in [5.74, 6) is 1.14. The molecule has 0 amide bonds. The Morgan fingerprint density at radius 2 is 1.87 bits per heavy atom. The molecular weight excluding hydrogens is 302 g/mol. The number of nitrogens with one attached hydrogen (secondary N) is 1. The minimum atomic E-state index is 0.980. The largest absolute Gasteiger partial charge is 0.369 e. The number of hydrogen-bond donors (Lipinski definition) is 1. The fourth-order valence-corrected chi connectivity index (χ4v) is 3.81. The Hall–Kier alpha value is -2.20. The van der Waals surface area contributed by atoms with E-state index in [9.17, 15) is 0 Å². The highest BCUT2D eigenvalue weighted by atomic mass is 32.2. The van der Waals surface area contributed by atoms with Crippen LogP contribution in [0.15, 0.2) is 53.4 Å². The molecule has 116 valence electrons. The number of nitrogens with zero attached hydrogens (tertiary/aromatic N) is 2. The van der Waals surface area contributed by atoms with Crippen molar-refractivity contribution in [3.05, 3.63) is 59.7 Å². The highest BCUT2D eigenvalue weighted by Crippen LogP contribution is 2.38. The Labute approximate surface area is 140 Å². The zero-order chi connectivity index (χ0) is 15.8. The summed E-state index contributed by atoms with van der Waals surface area (Å²) in [4.78, 5) is 1.27. The quantitative estimate of drug-likeness (QED) is 0.718. The van der Waals surface area contributed by atoms with Gasteiger partial charge in [-0.2, -0.15) is 5.10 Å². The lowest BCUT2D eigenvalue weighted by Crippen LogP contribution is -2.05. The summed E-state index contributed by atoms with van der Waals surface area (Å²) >= 11 is 1.77. The predicted molar refractivity (Wildman–Crippen MR) is 97.7 cm³/mol. The summed E-state index contributed by atoms with van der Waals surface area (Å²) in [6, 6.07) is 16.9. The molecule has 4 heteroatoms. The molecule has 1 aromatic heterocycles. The van der Waals surface area contributed by atoms with Crippen LogP contribution >= 0.6 is 11.8 Å².